The molecule has 0 unspecified atom stereocenters. The maximum atomic E-state index is 12.7. The highest BCUT2D eigenvalue weighted by Gasteiger charge is 2.15. The lowest BCUT2D eigenvalue weighted by Crippen LogP contribution is -2.20. The summed E-state index contributed by atoms with van der Waals surface area (Å²) in [5, 5.41) is 2.91. The van der Waals surface area contributed by atoms with Gasteiger partial charge in [-0.25, -0.2) is 4.68 Å². The molecule has 2 heterocycles. The Hall–Kier alpha value is -3.28. The highest BCUT2D eigenvalue weighted by molar-refractivity contribution is 6.02. The fraction of sp³-hybridized carbons (Fsp3) is 0.111. The molecule has 0 saturated heterocycles. The summed E-state index contributed by atoms with van der Waals surface area (Å²) in [5.74, 6) is -0.0241. The molecule has 0 aliphatic rings. The smallest absolute Gasteiger partial charge is 0.295 e. The van der Waals surface area contributed by atoms with Crippen molar-refractivity contribution in [2.45, 2.75) is 6.92 Å². The quantitative estimate of drug-likeness (QED) is 0.579. The minimum Gasteiger partial charge on any atom is -0.461 e. The van der Waals surface area contributed by atoms with Crippen LogP contribution in [0.2, 0.25) is 0 Å². The Labute approximate surface area is 138 Å². The monoisotopic (exact) mass is 323 g/mol. The number of furan rings is 1. The van der Waals surface area contributed by atoms with Gasteiger partial charge in [-0.2, -0.15) is 0 Å². The van der Waals surface area contributed by atoms with Crippen molar-refractivity contribution in [1.82, 2.24) is 9.36 Å². The number of para-hydroxylation sites is 1. The molecule has 0 aliphatic heterocycles. The van der Waals surface area contributed by atoms with Crippen LogP contribution in [0, 0.1) is 6.92 Å². The molecule has 0 saturated carbocycles. The number of carbonyl (C=O) groups excluding carboxylic acids is 1. The first kappa shape index (κ1) is 15.6. The number of allylic oxidation sites excluding steroid dienone is 1. The minimum absolute atomic E-state index is 0.184. The van der Waals surface area contributed by atoms with Crippen LogP contribution in [0.15, 0.2) is 70.2 Å². The van der Waals surface area contributed by atoms with Gasteiger partial charge in [0.2, 0.25) is 5.78 Å². The summed E-state index contributed by atoms with van der Waals surface area (Å²) in [5.41, 5.74) is 1.77. The average molecular weight is 323 g/mol. The van der Waals surface area contributed by atoms with E-state index in [1.807, 2.05) is 44.3 Å². The van der Waals surface area contributed by atoms with Crippen molar-refractivity contribution < 1.29 is 9.21 Å². The minimum atomic E-state index is -0.274. The van der Waals surface area contributed by atoms with E-state index in [0.29, 0.717) is 5.69 Å². The first-order chi connectivity index (χ1) is 11.6. The third-order valence-electron chi connectivity index (χ3n) is 3.78. The van der Waals surface area contributed by atoms with Crippen molar-refractivity contribution in [1.29, 1.82) is 0 Å². The Morgan fingerprint density at radius 2 is 1.92 bits per heavy atom. The summed E-state index contributed by atoms with van der Waals surface area (Å²) in [6.45, 7) is 1.84. The summed E-state index contributed by atoms with van der Waals surface area (Å²) in [6, 6.07) is 12.6. The van der Waals surface area contributed by atoms with Gasteiger partial charge >= 0.3 is 0 Å². The van der Waals surface area contributed by atoms with Gasteiger partial charge in [0.15, 0.2) is 5.76 Å². The van der Waals surface area contributed by atoms with Crippen LogP contribution in [-0.2, 0) is 7.05 Å². The van der Waals surface area contributed by atoms with Gasteiger partial charge in [-0.05, 0) is 31.2 Å². The van der Waals surface area contributed by atoms with E-state index >= 15 is 0 Å². The van der Waals surface area contributed by atoms with Gasteiger partial charge in [0.05, 0.1) is 17.6 Å². The molecule has 0 amide bonds. The Kier molecular flexibility index (Phi) is 4.20. The van der Waals surface area contributed by atoms with E-state index in [9.17, 15) is 9.59 Å². The third-order valence-corrected chi connectivity index (χ3v) is 3.78. The molecular weight excluding hydrogens is 306 g/mol. The molecule has 0 atom stereocenters. The zero-order valence-corrected chi connectivity index (χ0v) is 13.4. The molecule has 24 heavy (non-hydrogen) atoms. The normalized spacial score (nSPS) is 11.1. The topological polar surface area (TPSA) is 69.2 Å². The van der Waals surface area contributed by atoms with Crippen molar-refractivity contribution in [2.75, 3.05) is 5.32 Å². The molecule has 2 aromatic heterocycles. The zero-order valence-electron chi connectivity index (χ0n) is 13.4. The lowest BCUT2D eigenvalue weighted by Gasteiger charge is -2.07. The number of nitrogens with zero attached hydrogens (tertiary/aromatic N) is 2. The van der Waals surface area contributed by atoms with Crippen LogP contribution >= 0.6 is 0 Å². The first-order valence-electron chi connectivity index (χ1n) is 7.44. The SMILES string of the molecule is Cc1c(N/C=C\C(=O)c2ccco2)c(=O)n(-c2ccccc2)n1C. The van der Waals surface area contributed by atoms with Gasteiger partial charge in [-0.15, -0.1) is 0 Å². The number of benzene rings is 1. The lowest BCUT2D eigenvalue weighted by atomic mass is 10.3. The second kappa shape index (κ2) is 6.45. The van der Waals surface area contributed by atoms with Crippen molar-refractivity contribution >= 4 is 11.5 Å². The number of hydrogen-bond acceptors (Lipinski definition) is 4. The predicted octanol–water partition coefficient (Wildman–Crippen LogP) is 2.89. The van der Waals surface area contributed by atoms with E-state index < -0.39 is 0 Å². The zero-order chi connectivity index (χ0) is 17.1. The van der Waals surface area contributed by atoms with Crippen molar-refractivity contribution in [3.8, 4) is 5.69 Å². The van der Waals surface area contributed by atoms with Crippen LogP contribution in [-0.4, -0.2) is 15.1 Å². The van der Waals surface area contributed by atoms with Crippen LogP contribution in [0.3, 0.4) is 0 Å². The number of rotatable bonds is 5. The molecule has 122 valence electrons. The third kappa shape index (κ3) is 2.81. The molecule has 3 rings (SSSR count). The first-order valence-corrected chi connectivity index (χ1v) is 7.44. The second-order valence-corrected chi connectivity index (χ2v) is 5.26. The molecule has 0 bridgehead atoms. The Balaban J connectivity index is 1.87. The van der Waals surface area contributed by atoms with E-state index in [1.54, 1.807) is 21.5 Å². The molecule has 0 radical (unpaired) electrons. The largest absolute Gasteiger partial charge is 0.461 e. The molecule has 1 N–H and O–H groups in total. The molecule has 0 fully saturated rings. The van der Waals surface area contributed by atoms with E-state index in [-0.39, 0.29) is 17.1 Å². The van der Waals surface area contributed by atoms with E-state index in [1.165, 1.54) is 18.5 Å². The Morgan fingerprint density at radius 1 is 1.17 bits per heavy atom. The highest BCUT2D eigenvalue weighted by atomic mass is 16.3. The second-order valence-electron chi connectivity index (χ2n) is 5.26. The summed E-state index contributed by atoms with van der Waals surface area (Å²) in [6.07, 6.45) is 4.22. The van der Waals surface area contributed by atoms with Crippen LogP contribution < -0.4 is 10.9 Å². The van der Waals surface area contributed by atoms with Gasteiger partial charge in [0.1, 0.15) is 5.69 Å². The molecule has 6 nitrogen and oxygen atoms in total. The summed E-state index contributed by atoms with van der Waals surface area (Å²) in [4.78, 5) is 24.5. The number of nitrogens with one attached hydrogen (secondary N) is 1. The van der Waals surface area contributed by atoms with Crippen molar-refractivity contribution in [3.63, 3.8) is 0 Å². The van der Waals surface area contributed by atoms with E-state index in [4.69, 9.17) is 4.42 Å². The standard InChI is InChI=1S/C18H17N3O3/c1-13-17(19-11-10-15(22)16-9-6-12-24-16)18(23)21(20(13)2)14-7-4-3-5-8-14/h3-12,19H,1-2H3/b11-10-. The maximum Gasteiger partial charge on any atom is 0.295 e. The molecule has 3 aromatic rings. The molecule has 0 aliphatic carbocycles. The fourth-order valence-corrected chi connectivity index (χ4v) is 2.44. The Morgan fingerprint density at radius 3 is 2.58 bits per heavy atom. The highest BCUT2D eigenvalue weighted by Crippen LogP contribution is 2.14. The van der Waals surface area contributed by atoms with Crippen molar-refractivity contribution in [3.05, 3.63) is 82.8 Å². The number of ketones is 1. The number of aromatic nitrogens is 2. The van der Waals surface area contributed by atoms with Gasteiger partial charge in [0.25, 0.3) is 5.56 Å². The van der Waals surface area contributed by atoms with Gasteiger partial charge in [-0.3, -0.25) is 14.3 Å². The fourth-order valence-electron chi connectivity index (χ4n) is 2.44. The van der Waals surface area contributed by atoms with Gasteiger partial charge < -0.3 is 9.73 Å². The van der Waals surface area contributed by atoms with Crippen molar-refractivity contribution in [2.24, 2.45) is 7.05 Å². The molecular formula is C18H17N3O3. The average Bonchev–Trinajstić information content (AvgIpc) is 3.19. The number of carbonyl (C=O) groups is 1. The number of hydrogen-bond donors (Lipinski definition) is 1. The molecule has 0 spiro atoms. The predicted molar refractivity (Wildman–Crippen MR) is 91.5 cm³/mol. The summed E-state index contributed by atoms with van der Waals surface area (Å²) in [7, 11) is 1.81. The maximum absolute atomic E-state index is 12.7. The Bertz CT molecular complexity index is 932. The van der Waals surface area contributed by atoms with Crippen LogP contribution in [0.1, 0.15) is 16.2 Å². The van der Waals surface area contributed by atoms with E-state index in [2.05, 4.69) is 5.32 Å². The van der Waals surface area contributed by atoms with Gasteiger partial charge in [-0.1, -0.05) is 18.2 Å². The molecule has 6 heteroatoms. The van der Waals surface area contributed by atoms with Crippen LogP contribution in [0.4, 0.5) is 5.69 Å². The van der Waals surface area contributed by atoms with Gasteiger partial charge in [0, 0.05) is 19.3 Å². The number of anilines is 1. The molecule has 1 aromatic carbocycles. The summed E-state index contributed by atoms with van der Waals surface area (Å²) < 4.78 is 8.36. The van der Waals surface area contributed by atoms with Crippen LogP contribution in [0.25, 0.3) is 5.69 Å². The summed E-state index contributed by atoms with van der Waals surface area (Å²) >= 11 is 0. The lowest BCUT2D eigenvalue weighted by molar-refractivity contribution is 0.102. The van der Waals surface area contributed by atoms with Crippen LogP contribution in [0.5, 0.6) is 0 Å². The van der Waals surface area contributed by atoms with E-state index in [0.717, 1.165) is 11.4 Å².